The monoisotopic (exact) mass is 506 g/mol. The molecule has 0 aliphatic heterocycles. The summed E-state index contributed by atoms with van der Waals surface area (Å²) in [7, 11) is 0. The van der Waals surface area contributed by atoms with Crippen molar-refractivity contribution in [3.63, 3.8) is 0 Å². The lowest BCUT2D eigenvalue weighted by Gasteiger charge is -1.93. The van der Waals surface area contributed by atoms with Gasteiger partial charge < -0.3 is 0 Å². The molecule has 10 heteroatoms. The number of hydrogen-bond acceptors (Lipinski definition) is 4. The number of rotatable bonds is 0. The molecule has 4 rings (SSSR count). The maximum absolute atomic E-state index is 5.76. The third kappa shape index (κ3) is 3.03. The molecule has 112 valence electrons. The van der Waals surface area contributed by atoms with Gasteiger partial charge in [0.05, 0.1) is 12.4 Å². The summed E-state index contributed by atoms with van der Waals surface area (Å²) in [5.74, 6) is 0. The first-order valence-electron chi connectivity index (χ1n) is 5.84. The van der Waals surface area contributed by atoms with Crippen molar-refractivity contribution in [1.82, 2.24) is 28.7 Å². The molecule has 0 amide bonds. The van der Waals surface area contributed by atoms with Crippen LogP contribution in [0.25, 0.3) is 11.3 Å². The Bertz CT molecular complexity index is 872. The molecule has 0 spiro atoms. The maximum Gasteiger partial charge on any atom is 0.175 e. The summed E-state index contributed by atoms with van der Waals surface area (Å²) in [5.41, 5.74) is 1.49. The molecule has 4 aromatic heterocycles. The van der Waals surface area contributed by atoms with Gasteiger partial charge in [0, 0.05) is 24.8 Å². The van der Waals surface area contributed by atoms with E-state index in [1.807, 2.05) is 15.0 Å². The molecule has 4 heterocycles. The van der Waals surface area contributed by atoms with E-state index in [-0.39, 0.29) is 0 Å². The fourth-order valence-corrected chi connectivity index (χ4v) is 3.10. The van der Waals surface area contributed by atoms with E-state index in [4.69, 9.17) is 11.6 Å². The van der Waals surface area contributed by atoms with Crippen molar-refractivity contribution in [1.29, 1.82) is 0 Å². The summed E-state index contributed by atoms with van der Waals surface area (Å²) in [6.07, 6.45) is 10.4. The minimum Gasteiger partial charge on any atom is -0.290 e. The number of aromatic nitrogens is 6. The average molecular weight is 509 g/mol. The van der Waals surface area contributed by atoms with E-state index in [9.17, 15) is 0 Å². The third-order valence-corrected chi connectivity index (χ3v) is 4.68. The number of fused-ring (bicyclic) bond motifs is 2. The minimum absolute atomic E-state index is 0.415. The zero-order valence-electron chi connectivity index (χ0n) is 10.7. The van der Waals surface area contributed by atoms with Crippen LogP contribution in [0.5, 0.6) is 0 Å². The first kappa shape index (κ1) is 15.9. The van der Waals surface area contributed by atoms with Crippen LogP contribution in [0.4, 0.5) is 0 Å². The van der Waals surface area contributed by atoms with Gasteiger partial charge in [0.2, 0.25) is 0 Å². The predicted octanol–water partition coefficient (Wildman–Crippen LogP) is 4.40. The molecule has 6 nitrogen and oxygen atoms in total. The predicted molar refractivity (Wildman–Crippen MR) is 94.1 cm³/mol. The van der Waals surface area contributed by atoms with Crippen molar-refractivity contribution >= 4 is 70.7 Å². The van der Waals surface area contributed by atoms with E-state index in [1.54, 1.807) is 31.0 Å². The molecule has 22 heavy (non-hydrogen) atoms. The summed E-state index contributed by atoms with van der Waals surface area (Å²) in [6.45, 7) is 0. The Morgan fingerprint density at radius 3 is 1.91 bits per heavy atom. The van der Waals surface area contributed by atoms with Gasteiger partial charge in [-0.25, -0.2) is 19.9 Å². The number of hydrogen-bond donors (Lipinski definition) is 0. The van der Waals surface area contributed by atoms with Gasteiger partial charge in [-0.3, -0.25) is 8.80 Å². The summed E-state index contributed by atoms with van der Waals surface area (Å²) >= 11 is 15.7. The van der Waals surface area contributed by atoms with E-state index in [1.165, 1.54) is 0 Å². The Kier molecular flexibility index (Phi) is 4.76. The van der Waals surface area contributed by atoms with Gasteiger partial charge in [-0.15, -0.1) is 0 Å². The highest BCUT2D eigenvalue weighted by molar-refractivity contribution is 9.11. The largest absolute Gasteiger partial charge is 0.290 e. The second-order valence-corrected chi connectivity index (χ2v) is 6.72. The summed E-state index contributed by atoms with van der Waals surface area (Å²) < 4.78 is 6.27. The SMILES string of the molecule is Brc1nccn2c(Br)cnc12.Clc1nccn2c(Br)cnc12. The molecule has 4 aromatic rings. The molecule has 0 bridgehead atoms. The summed E-state index contributed by atoms with van der Waals surface area (Å²) in [4.78, 5) is 16.1. The first-order chi connectivity index (χ1) is 10.6. The van der Waals surface area contributed by atoms with Gasteiger partial charge in [0.1, 0.15) is 13.8 Å². The van der Waals surface area contributed by atoms with Gasteiger partial charge in [-0.05, 0) is 47.8 Å². The van der Waals surface area contributed by atoms with Crippen LogP contribution >= 0.6 is 59.4 Å². The highest BCUT2D eigenvalue weighted by Crippen LogP contribution is 2.18. The third-order valence-electron chi connectivity index (χ3n) is 2.68. The van der Waals surface area contributed by atoms with Crippen LogP contribution in [0.1, 0.15) is 0 Å². The lowest BCUT2D eigenvalue weighted by molar-refractivity contribution is 1.09. The zero-order valence-corrected chi connectivity index (χ0v) is 16.2. The molecule has 0 saturated carbocycles. The average Bonchev–Trinajstić information content (AvgIpc) is 3.07. The van der Waals surface area contributed by atoms with Gasteiger partial charge in [0.25, 0.3) is 0 Å². The van der Waals surface area contributed by atoms with E-state index < -0.39 is 0 Å². The Morgan fingerprint density at radius 1 is 0.773 bits per heavy atom. The Labute approximate surface area is 155 Å². The Morgan fingerprint density at radius 2 is 1.32 bits per heavy atom. The van der Waals surface area contributed by atoms with Gasteiger partial charge >= 0.3 is 0 Å². The minimum atomic E-state index is 0.415. The van der Waals surface area contributed by atoms with Crippen LogP contribution in [-0.2, 0) is 0 Å². The van der Waals surface area contributed by atoms with Crippen LogP contribution in [-0.4, -0.2) is 28.7 Å². The molecule has 0 radical (unpaired) electrons. The van der Waals surface area contributed by atoms with E-state index in [0.29, 0.717) is 10.8 Å². The number of nitrogens with zero attached hydrogens (tertiary/aromatic N) is 6. The normalized spacial score (nSPS) is 10.7. The van der Waals surface area contributed by atoms with Crippen molar-refractivity contribution < 1.29 is 0 Å². The van der Waals surface area contributed by atoms with E-state index in [0.717, 1.165) is 19.5 Å². The lowest BCUT2D eigenvalue weighted by Crippen LogP contribution is -1.86. The maximum atomic E-state index is 5.76. The molecule has 0 atom stereocenters. The van der Waals surface area contributed by atoms with Gasteiger partial charge in [0.15, 0.2) is 16.4 Å². The first-order valence-corrected chi connectivity index (χ1v) is 8.59. The van der Waals surface area contributed by atoms with Crippen molar-refractivity contribution in [2.75, 3.05) is 0 Å². The Hall–Kier alpha value is -1.03. The summed E-state index contributed by atoms with van der Waals surface area (Å²) in [5, 5.41) is 0.415. The highest BCUT2D eigenvalue weighted by Gasteiger charge is 2.03. The Balaban J connectivity index is 0.000000131. The van der Waals surface area contributed by atoms with Gasteiger partial charge in [-0.2, -0.15) is 0 Å². The van der Waals surface area contributed by atoms with Crippen LogP contribution in [0.15, 0.2) is 51.0 Å². The molecule has 0 N–H and O–H groups in total. The number of imidazole rings is 2. The van der Waals surface area contributed by atoms with Crippen LogP contribution in [0, 0.1) is 0 Å². The molecule has 0 fully saturated rings. The summed E-state index contributed by atoms with van der Waals surface area (Å²) in [6, 6.07) is 0. The molecular formula is C12H6Br3ClN6. The molecule has 0 aliphatic carbocycles. The molecule has 0 unspecified atom stereocenters. The quantitative estimate of drug-likeness (QED) is 0.353. The number of halogens is 4. The topological polar surface area (TPSA) is 60.4 Å². The molecule has 0 saturated heterocycles. The van der Waals surface area contributed by atoms with Crippen LogP contribution in [0.3, 0.4) is 0 Å². The van der Waals surface area contributed by atoms with Crippen molar-refractivity contribution in [3.8, 4) is 0 Å². The van der Waals surface area contributed by atoms with Crippen molar-refractivity contribution in [3.05, 3.63) is 56.1 Å². The second-order valence-electron chi connectivity index (χ2n) is 3.99. The second kappa shape index (κ2) is 6.61. The van der Waals surface area contributed by atoms with E-state index >= 15 is 0 Å². The molecule has 0 aliphatic rings. The fourth-order valence-electron chi connectivity index (χ4n) is 1.72. The standard InChI is InChI=1S/C6H3Br2N3.C6H3BrClN3/c2*7-4-3-10-6-5(8)9-1-2-11(4)6/h2*1-3H. The molecular weight excluding hydrogens is 503 g/mol. The van der Waals surface area contributed by atoms with Crippen LogP contribution in [0.2, 0.25) is 5.15 Å². The smallest absolute Gasteiger partial charge is 0.175 e. The van der Waals surface area contributed by atoms with Crippen molar-refractivity contribution in [2.45, 2.75) is 0 Å². The fraction of sp³-hybridized carbons (Fsp3) is 0. The molecule has 0 aromatic carbocycles. The van der Waals surface area contributed by atoms with Crippen molar-refractivity contribution in [2.24, 2.45) is 0 Å². The highest BCUT2D eigenvalue weighted by atomic mass is 79.9. The lowest BCUT2D eigenvalue weighted by atomic mass is 10.7. The zero-order chi connectivity index (χ0) is 15.7. The van der Waals surface area contributed by atoms with Crippen LogP contribution < -0.4 is 0 Å². The van der Waals surface area contributed by atoms with E-state index in [2.05, 4.69) is 67.7 Å². The van der Waals surface area contributed by atoms with Gasteiger partial charge in [-0.1, -0.05) is 11.6 Å².